The van der Waals surface area contributed by atoms with Crippen molar-refractivity contribution in [1.82, 2.24) is 0 Å². The first-order valence-corrected chi connectivity index (χ1v) is 6.34. The molecule has 1 fully saturated rings. The quantitative estimate of drug-likeness (QED) is 0.778. The molecular weight excluding hydrogens is 262 g/mol. The van der Waals surface area contributed by atoms with Gasteiger partial charge >= 0.3 is 0 Å². The summed E-state index contributed by atoms with van der Waals surface area (Å²) in [6, 6.07) is 2.28. The lowest BCUT2D eigenvalue weighted by atomic mass is 10.0. The molecule has 0 saturated carbocycles. The fraction of sp³-hybridized carbons (Fsp3) is 0.538. The van der Waals surface area contributed by atoms with E-state index >= 15 is 0 Å². The summed E-state index contributed by atoms with van der Waals surface area (Å²) in [5.74, 6) is -1.20. The van der Waals surface area contributed by atoms with Crippen molar-refractivity contribution in [2.75, 3.05) is 13.7 Å². The first-order valence-electron chi connectivity index (χ1n) is 5.90. The van der Waals surface area contributed by atoms with Gasteiger partial charge in [-0.15, -0.1) is 11.6 Å². The second-order valence-electron chi connectivity index (χ2n) is 4.34. The third-order valence-electron chi connectivity index (χ3n) is 3.10. The van der Waals surface area contributed by atoms with E-state index in [1.165, 1.54) is 7.11 Å². The van der Waals surface area contributed by atoms with Crippen LogP contribution in [0.5, 0.6) is 5.75 Å². The van der Waals surface area contributed by atoms with Gasteiger partial charge in [0.2, 0.25) is 0 Å². The molecule has 100 valence electrons. The van der Waals surface area contributed by atoms with Gasteiger partial charge in [-0.05, 0) is 19.3 Å². The topological polar surface area (TPSA) is 18.5 Å². The van der Waals surface area contributed by atoms with Crippen molar-refractivity contribution in [1.29, 1.82) is 0 Å². The van der Waals surface area contributed by atoms with E-state index in [-0.39, 0.29) is 17.4 Å². The molecule has 1 aliphatic heterocycles. The van der Waals surface area contributed by atoms with Crippen molar-refractivity contribution in [3.05, 3.63) is 29.3 Å². The third-order valence-corrected chi connectivity index (χ3v) is 3.49. The molecule has 1 saturated heterocycles. The average Bonchev–Trinajstić information content (AvgIpc) is 2.80. The van der Waals surface area contributed by atoms with Crippen LogP contribution < -0.4 is 4.74 Å². The maximum atomic E-state index is 13.8. The fourth-order valence-corrected chi connectivity index (χ4v) is 2.56. The molecule has 2 atom stereocenters. The summed E-state index contributed by atoms with van der Waals surface area (Å²) in [6.45, 7) is 0.696. The van der Waals surface area contributed by atoms with Crippen LogP contribution in [0.1, 0.15) is 30.2 Å². The fourth-order valence-electron chi connectivity index (χ4n) is 2.16. The van der Waals surface area contributed by atoms with Crippen molar-refractivity contribution in [2.45, 2.75) is 30.7 Å². The van der Waals surface area contributed by atoms with Crippen LogP contribution in [0, 0.1) is 11.6 Å². The number of benzene rings is 1. The predicted molar refractivity (Wildman–Crippen MR) is 65.1 cm³/mol. The standard InChI is InChI=1S/C13H15ClF2O2/c1-17-9-6-11(15)13(12(16)7-9)10(14)5-8-3-2-4-18-8/h6-8,10H,2-5H2,1H3. The van der Waals surface area contributed by atoms with Crippen molar-refractivity contribution in [2.24, 2.45) is 0 Å². The maximum absolute atomic E-state index is 13.8. The molecule has 2 unspecified atom stereocenters. The minimum absolute atomic E-state index is 0.00611. The Morgan fingerprint density at radius 3 is 2.61 bits per heavy atom. The van der Waals surface area contributed by atoms with Gasteiger partial charge in [-0.3, -0.25) is 0 Å². The van der Waals surface area contributed by atoms with Crippen LogP contribution in [0.15, 0.2) is 12.1 Å². The van der Waals surface area contributed by atoms with Crippen molar-refractivity contribution < 1.29 is 18.3 Å². The largest absolute Gasteiger partial charge is 0.497 e. The zero-order valence-corrected chi connectivity index (χ0v) is 10.8. The molecule has 1 aromatic carbocycles. The summed E-state index contributed by atoms with van der Waals surface area (Å²) in [5.41, 5.74) is -0.104. The van der Waals surface area contributed by atoms with E-state index < -0.39 is 17.0 Å². The van der Waals surface area contributed by atoms with E-state index in [2.05, 4.69) is 0 Å². The zero-order chi connectivity index (χ0) is 13.1. The van der Waals surface area contributed by atoms with E-state index in [0.717, 1.165) is 25.0 Å². The number of hydrogen-bond acceptors (Lipinski definition) is 2. The molecule has 0 amide bonds. The second-order valence-corrected chi connectivity index (χ2v) is 4.87. The molecule has 2 nitrogen and oxygen atoms in total. The van der Waals surface area contributed by atoms with Gasteiger partial charge in [-0.2, -0.15) is 0 Å². The lowest BCUT2D eigenvalue weighted by molar-refractivity contribution is 0.103. The van der Waals surface area contributed by atoms with E-state index in [9.17, 15) is 8.78 Å². The van der Waals surface area contributed by atoms with E-state index in [1.54, 1.807) is 0 Å². The highest BCUT2D eigenvalue weighted by Gasteiger charge is 2.25. The van der Waals surface area contributed by atoms with Crippen LogP contribution in [0.3, 0.4) is 0 Å². The molecule has 0 bridgehead atoms. The van der Waals surface area contributed by atoms with E-state index in [0.29, 0.717) is 13.0 Å². The average molecular weight is 277 g/mol. The summed E-state index contributed by atoms with van der Waals surface area (Å²) in [4.78, 5) is 0. The molecule has 1 aromatic rings. The van der Waals surface area contributed by atoms with Crippen molar-refractivity contribution >= 4 is 11.6 Å². The number of hydrogen-bond donors (Lipinski definition) is 0. The monoisotopic (exact) mass is 276 g/mol. The summed E-state index contributed by atoms with van der Waals surface area (Å²) >= 11 is 6.09. The lowest BCUT2D eigenvalue weighted by Crippen LogP contribution is -2.10. The van der Waals surface area contributed by atoms with Gasteiger partial charge in [-0.25, -0.2) is 8.78 Å². The first-order chi connectivity index (χ1) is 8.61. The molecule has 5 heteroatoms. The SMILES string of the molecule is COc1cc(F)c(C(Cl)CC2CCCO2)c(F)c1. The van der Waals surface area contributed by atoms with E-state index in [1.807, 2.05) is 0 Å². The zero-order valence-electron chi connectivity index (χ0n) is 10.1. The number of ether oxygens (including phenoxy) is 2. The molecule has 1 aliphatic rings. The number of alkyl halides is 1. The Morgan fingerprint density at radius 2 is 2.11 bits per heavy atom. The van der Waals surface area contributed by atoms with Crippen LogP contribution in [-0.4, -0.2) is 19.8 Å². The lowest BCUT2D eigenvalue weighted by Gasteiger charge is -2.16. The van der Waals surface area contributed by atoms with Gasteiger partial charge in [0.25, 0.3) is 0 Å². The normalized spacial score (nSPS) is 21.0. The Bertz CT molecular complexity index is 396. The van der Waals surface area contributed by atoms with E-state index in [4.69, 9.17) is 21.1 Å². The predicted octanol–water partition coefficient (Wildman–Crippen LogP) is 3.82. The highest BCUT2D eigenvalue weighted by atomic mass is 35.5. The Morgan fingerprint density at radius 1 is 1.44 bits per heavy atom. The van der Waals surface area contributed by atoms with Gasteiger partial charge in [0.1, 0.15) is 17.4 Å². The van der Waals surface area contributed by atoms with Gasteiger partial charge in [-0.1, -0.05) is 0 Å². The molecule has 18 heavy (non-hydrogen) atoms. The summed E-state index contributed by atoms with van der Waals surface area (Å²) in [5, 5.41) is -0.723. The molecule has 0 aliphatic carbocycles. The number of methoxy groups -OCH3 is 1. The second kappa shape index (κ2) is 5.85. The summed E-state index contributed by atoms with van der Waals surface area (Å²) in [7, 11) is 1.36. The van der Waals surface area contributed by atoms with Crippen LogP contribution in [0.25, 0.3) is 0 Å². The molecular formula is C13H15ClF2O2. The van der Waals surface area contributed by atoms with Crippen molar-refractivity contribution in [3.8, 4) is 5.75 Å². The Balaban J connectivity index is 2.15. The third kappa shape index (κ3) is 2.93. The van der Waals surface area contributed by atoms with Crippen molar-refractivity contribution in [3.63, 3.8) is 0 Å². The highest BCUT2D eigenvalue weighted by molar-refractivity contribution is 6.20. The van der Waals surface area contributed by atoms with Crippen LogP contribution in [-0.2, 0) is 4.74 Å². The first kappa shape index (κ1) is 13.6. The molecule has 0 spiro atoms. The number of rotatable bonds is 4. The summed E-state index contributed by atoms with van der Waals surface area (Å²) in [6.07, 6.45) is 2.28. The Hall–Kier alpha value is -0.870. The van der Waals surface area contributed by atoms with Crippen LogP contribution in [0.2, 0.25) is 0 Å². The minimum atomic E-state index is -0.723. The molecule has 0 aromatic heterocycles. The van der Waals surface area contributed by atoms with Crippen LogP contribution in [0.4, 0.5) is 8.78 Å². The smallest absolute Gasteiger partial charge is 0.134 e. The maximum Gasteiger partial charge on any atom is 0.134 e. The van der Waals surface area contributed by atoms with Gasteiger partial charge < -0.3 is 9.47 Å². The Kier molecular flexibility index (Phi) is 4.40. The molecule has 1 heterocycles. The van der Waals surface area contributed by atoms with Gasteiger partial charge in [0.15, 0.2) is 0 Å². The van der Waals surface area contributed by atoms with Crippen LogP contribution >= 0.6 is 11.6 Å². The number of halogens is 3. The minimum Gasteiger partial charge on any atom is -0.497 e. The molecule has 0 N–H and O–H groups in total. The molecule has 2 rings (SSSR count). The Labute approximate surface area is 110 Å². The van der Waals surface area contributed by atoms with Gasteiger partial charge in [0.05, 0.1) is 18.6 Å². The summed E-state index contributed by atoms with van der Waals surface area (Å²) < 4.78 is 37.8. The van der Waals surface area contributed by atoms with Gasteiger partial charge in [0, 0.05) is 24.3 Å². The highest BCUT2D eigenvalue weighted by Crippen LogP contribution is 2.34. The molecule has 0 radical (unpaired) electrons.